The molecule has 5 heteroatoms. The summed E-state index contributed by atoms with van der Waals surface area (Å²) in [5.74, 6) is -0.223. The summed E-state index contributed by atoms with van der Waals surface area (Å²) in [6, 6.07) is 6.73. The lowest BCUT2D eigenvalue weighted by Gasteiger charge is -2.08. The topological polar surface area (TPSA) is 65.4 Å². The highest BCUT2D eigenvalue weighted by molar-refractivity contribution is 9.10. The van der Waals surface area contributed by atoms with E-state index in [0.717, 1.165) is 21.4 Å². The molecule has 0 atom stereocenters. The highest BCUT2D eigenvalue weighted by Gasteiger charge is 2.02. The monoisotopic (exact) mass is 308 g/mol. The highest BCUT2D eigenvalue weighted by atomic mass is 79.9. The van der Waals surface area contributed by atoms with Crippen LogP contribution in [-0.4, -0.2) is 15.2 Å². The summed E-state index contributed by atoms with van der Waals surface area (Å²) in [4.78, 5) is 4.19. The van der Waals surface area contributed by atoms with E-state index in [0.29, 0.717) is 6.54 Å². The number of rotatable bonds is 3. The van der Waals surface area contributed by atoms with E-state index >= 15 is 0 Å². The van der Waals surface area contributed by atoms with Crippen LogP contribution >= 0.6 is 15.9 Å². The van der Waals surface area contributed by atoms with Crippen molar-refractivity contribution in [2.75, 3.05) is 5.32 Å². The van der Waals surface area contributed by atoms with E-state index < -0.39 is 0 Å². The van der Waals surface area contributed by atoms with E-state index in [2.05, 4.69) is 26.2 Å². The Morgan fingerprint density at radius 1 is 1.22 bits per heavy atom. The number of benzene rings is 1. The molecule has 3 N–H and O–H groups in total. The summed E-state index contributed by atoms with van der Waals surface area (Å²) in [6.45, 7) is 2.52. The van der Waals surface area contributed by atoms with Crippen LogP contribution in [-0.2, 0) is 6.54 Å². The molecule has 0 saturated carbocycles. The minimum atomic E-state index is -0.112. The van der Waals surface area contributed by atoms with Crippen molar-refractivity contribution in [2.24, 2.45) is 0 Å². The molecule has 1 aromatic carbocycles. The van der Waals surface area contributed by atoms with Crippen LogP contribution in [0.5, 0.6) is 11.5 Å². The maximum absolute atomic E-state index is 9.38. The molecular weight excluding hydrogens is 296 g/mol. The number of anilines is 1. The number of nitrogens with zero attached hydrogens (tertiary/aromatic N) is 1. The average molecular weight is 309 g/mol. The lowest BCUT2D eigenvalue weighted by atomic mass is 10.2. The van der Waals surface area contributed by atoms with Gasteiger partial charge in [0.2, 0.25) is 0 Å². The summed E-state index contributed by atoms with van der Waals surface area (Å²) in [5, 5.41) is 21.8. The number of aryl methyl sites for hydroxylation is 1. The SMILES string of the molecule is Cc1cc(NCc2ccc(O)c(O)c2)cnc1Br. The smallest absolute Gasteiger partial charge is 0.157 e. The number of phenolic OH excluding ortho intramolecular Hbond substituents is 2. The van der Waals surface area contributed by atoms with Gasteiger partial charge >= 0.3 is 0 Å². The van der Waals surface area contributed by atoms with Crippen molar-refractivity contribution in [2.45, 2.75) is 13.5 Å². The molecule has 18 heavy (non-hydrogen) atoms. The molecule has 0 amide bonds. The molecule has 4 nitrogen and oxygen atoms in total. The van der Waals surface area contributed by atoms with Crippen molar-refractivity contribution in [1.29, 1.82) is 0 Å². The molecule has 94 valence electrons. The number of aromatic nitrogens is 1. The zero-order valence-corrected chi connectivity index (χ0v) is 11.4. The van der Waals surface area contributed by atoms with E-state index in [-0.39, 0.29) is 11.5 Å². The molecule has 0 fully saturated rings. The highest BCUT2D eigenvalue weighted by Crippen LogP contribution is 2.25. The van der Waals surface area contributed by atoms with Crippen molar-refractivity contribution in [3.05, 3.63) is 46.2 Å². The zero-order chi connectivity index (χ0) is 13.1. The fourth-order valence-electron chi connectivity index (χ4n) is 1.54. The molecule has 2 aromatic rings. The van der Waals surface area contributed by atoms with E-state index in [9.17, 15) is 10.2 Å². The summed E-state index contributed by atoms with van der Waals surface area (Å²) in [6.07, 6.45) is 1.73. The summed E-state index contributed by atoms with van der Waals surface area (Å²) < 4.78 is 0.829. The van der Waals surface area contributed by atoms with Gasteiger partial charge in [-0.1, -0.05) is 6.07 Å². The van der Waals surface area contributed by atoms with E-state index in [1.165, 1.54) is 12.1 Å². The van der Waals surface area contributed by atoms with Crippen molar-refractivity contribution in [3.63, 3.8) is 0 Å². The number of pyridine rings is 1. The molecule has 0 radical (unpaired) electrons. The Hall–Kier alpha value is -1.75. The van der Waals surface area contributed by atoms with Crippen LogP contribution in [0.2, 0.25) is 0 Å². The third-order valence-corrected chi connectivity index (χ3v) is 3.38. The average Bonchev–Trinajstić information content (AvgIpc) is 2.35. The number of nitrogens with one attached hydrogen (secondary N) is 1. The molecule has 0 aliphatic heterocycles. The molecule has 0 saturated heterocycles. The van der Waals surface area contributed by atoms with Gasteiger partial charge in [0.1, 0.15) is 4.60 Å². The normalized spacial score (nSPS) is 10.3. The molecule has 2 rings (SSSR count). The lowest BCUT2D eigenvalue weighted by molar-refractivity contribution is 0.403. The molecule has 0 bridgehead atoms. The van der Waals surface area contributed by atoms with E-state index in [1.54, 1.807) is 12.3 Å². The van der Waals surface area contributed by atoms with Gasteiger partial charge in [-0.25, -0.2) is 4.98 Å². The summed E-state index contributed by atoms with van der Waals surface area (Å²) in [5.41, 5.74) is 2.84. The molecular formula is C13H13BrN2O2. The fraction of sp³-hybridized carbons (Fsp3) is 0.154. The fourth-order valence-corrected chi connectivity index (χ4v) is 1.75. The number of hydrogen-bond acceptors (Lipinski definition) is 4. The van der Waals surface area contributed by atoms with Crippen LogP contribution in [0.3, 0.4) is 0 Å². The van der Waals surface area contributed by atoms with Crippen LogP contribution in [0.25, 0.3) is 0 Å². The van der Waals surface area contributed by atoms with Gasteiger partial charge < -0.3 is 15.5 Å². The van der Waals surface area contributed by atoms with Crippen LogP contribution in [0.4, 0.5) is 5.69 Å². The zero-order valence-electron chi connectivity index (χ0n) is 9.81. The Morgan fingerprint density at radius 3 is 2.67 bits per heavy atom. The maximum Gasteiger partial charge on any atom is 0.157 e. The number of aromatic hydroxyl groups is 2. The number of hydrogen-bond donors (Lipinski definition) is 3. The number of halogens is 1. The molecule has 0 aliphatic carbocycles. The first-order valence-electron chi connectivity index (χ1n) is 5.43. The van der Waals surface area contributed by atoms with Crippen LogP contribution in [0.1, 0.15) is 11.1 Å². The van der Waals surface area contributed by atoms with Crippen molar-refractivity contribution in [1.82, 2.24) is 4.98 Å². The number of phenols is 2. The van der Waals surface area contributed by atoms with Gasteiger partial charge in [0, 0.05) is 6.54 Å². The van der Waals surface area contributed by atoms with Gasteiger partial charge in [-0.05, 0) is 52.2 Å². The Labute approximate surface area is 113 Å². The molecule has 0 unspecified atom stereocenters. The van der Waals surface area contributed by atoms with Crippen molar-refractivity contribution >= 4 is 21.6 Å². The first kappa shape index (κ1) is 12.7. The Morgan fingerprint density at radius 2 is 2.00 bits per heavy atom. The van der Waals surface area contributed by atoms with E-state index in [4.69, 9.17) is 0 Å². The first-order valence-corrected chi connectivity index (χ1v) is 6.22. The lowest BCUT2D eigenvalue weighted by Crippen LogP contribution is -2.00. The van der Waals surface area contributed by atoms with Gasteiger partial charge in [-0.3, -0.25) is 0 Å². The van der Waals surface area contributed by atoms with Gasteiger partial charge in [-0.15, -0.1) is 0 Å². The van der Waals surface area contributed by atoms with Crippen molar-refractivity contribution in [3.8, 4) is 11.5 Å². The summed E-state index contributed by atoms with van der Waals surface area (Å²) in [7, 11) is 0. The Kier molecular flexibility index (Phi) is 3.72. The second-order valence-corrected chi connectivity index (χ2v) is 4.76. The van der Waals surface area contributed by atoms with Crippen LogP contribution in [0.15, 0.2) is 35.1 Å². The minimum Gasteiger partial charge on any atom is -0.504 e. The quantitative estimate of drug-likeness (QED) is 0.602. The predicted molar refractivity (Wildman–Crippen MR) is 73.8 cm³/mol. The van der Waals surface area contributed by atoms with Gasteiger partial charge in [0.15, 0.2) is 11.5 Å². The van der Waals surface area contributed by atoms with Gasteiger partial charge in [0.25, 0.3) is 0 Å². The van der Waals surface area contributed by atoms with Crippen LogP contribution in [0, 0.1) is 6.92 Å². The van der Waals surface area contributed by atoms with Crippen LogP contribution < -0.4 is 5.32 Å². The van der Waals surface area contributed by atoms with Gasteiger partial charge in [-0.2, -0.15) is 0 Å². The standard InChI is InChI=1S/C13H13BrN2O2/c1-8-4-10(7-16-13(8)14)15-6-9-2-3-11(17)12(18)5-9/h2-5,7,15,17-18H,6H2,1H3. The Bertz CT molecular complexity index is 521. The minimum absolute atomic E-state index is 0.111. The molecule has 0 aliphatic rings. The second-order valence-electron chi connectivity index (χ2n) is 4.01. The third-order valence-electron chi connectivity index (χ3n) is 2.55. The summed E-state index contributed by atoms with van der Waals surface area (Å²) >= 11 is 3.34. The van der Waals surface area contributed by atoms with E-state index in [1.807, 2.05) is 13.0 Å². The molecule has 1 aromatic heterocycles. The third kappa shape index (κ3) is 2.92. The molecule has 1 heterocycles. The van der Waals surface area contributed by atoms with Gasteiger partial charge in [0.05, 0.1) is 11.9 Å². The largest absolute Gasteiger partial charge is 0.504 e. The predicted octanol–water partition coefficient (Wildman–Crippen LogP) is 3.18. The maximum atomic E-state index is 9.38. The molecule has 0 spiro atoms. The second kappa shape index (κ2) is 5.27. The first-order chi connectivity index (χ1) is 8.56. The Balaban J connectivity index is 2.06. The van der Waals surface area contributed by atoms with Crippen molar-refractivity contribution < 1.29 is 10.2 Å².